The fourth-order valence-corrected chi connectivity index (χ4v) is 2.78. The molecule has 1 unspecified atom stereocenters. The van der Waals surface area contributed by atoms with Gasteiger partial charge in [-0.15, -0.1) is 0 Å². The van der Waals surface area contributed by atoms with Gasteiger partial charge in [-0.3, -0.25) is 4.90 Å². The Kier molecular flexibility index (Phi) is 4.31. The van der Waals surface area contributed by atoms with Crippen molar-refractivity contribution in [2.75, 3.05) is 24.1 Å². The zero-order chi connectivity index (χ0) is 14.5. The lowest BCUT2D eigenvalue weighted by Crippen LogP contribution is -2.41. The number of rotatable bonds is 4. The predicted octanol–water partition coefficient (Wildman–Crippen LogP) is 2.14. The number of nitrogens with zero attached hydrogens (tertiary/aromatic N) is 3. The van der Waals surface area contributed by atoms with Crippen LogP contribution in [0.5, 0.6) is 0 Å². The van der Waals surface area contributed by atoms with Gasteiger partial charge in [-0.25, -0.2) is 9.97 Å². The van der Waals surface area contributed by atoms with Crippen LogP contribution < -0.4 is 11.1 Å². The number of piperidine rings is 1. The molecule has 1 aliphatic rings. The molecule has 110 valence electrons. The Morgan fingerprint density at radius 2 is 2.05 bits per heavy atom. The van der Waals surface area contributed by atoms with E-state index in [9.17, 15) is 0 Å². The second-order valence-corrected chi connectivity index (χ2v) is 5.53. The van der Waals surface area contributed by atoms with Crippen molar-refractivity contribution < 1.29 is 0 Å². The van der Waals surface area contributed by atoms with E-state index in [4.69, 9.17) is 5.73 Å². The van der Waals surface area contributed by atoms with E-state index in [1.807, 2.05) is 0 Å². The van der Waals surface area contributed by atoms with Crippen LogP contribution in [0.15, 0.2) is 42.7 Å². The minimum atomic E-state index is 0.417. The number of hydrogen-bond donors (Lipinski definition) is 2. The largest absolute Gasteiger partial charge is 0.382 e. The topological polar surface area (TPSA) is 67.1 Å². The Balaban J connectivity index is 1.57. The molecule has 1 saturated heterocycles. The summed E-state index contributed by atoms with van der Waals surface area (Å²) >= 11 is 0. The minimum Gasteiger partial charge on any atom is -0.382 e. The number of likely N-dealkylation sites (tertiary alicyclic amines) is 1. The van der Waals surface area contributed by atoms with E-state index in [0.29, 0.717) is 11.9 Å². The number of nitrogen functional groups attached to an aromatic ring is 1. The molecule has 3 rings (SSSR count). The Morgan fingerprint density at radius 3 is 2.81 bits per heavy atom. The number of aromatic nitrogens is 2. The van der Waals surface area contributed by atoms with Crippen LogP contribution in [0.3, 0.4) is 0 Å². The van der Waals surface area contributed by atoms with Crippen LogP contribution in [0.2, 0.25) is 0 Å². The summed E-state index contributed by atoms with van der Waals surface area (Å²) in [5, 5.41) is 3.45. The zero-order valence-electron chi connectivity index (χ0n) is 12.1. The summed E-state index contributed by atoms with van der Waals surface area (Å²) in [5.41, 5.74) is 6.92. The van der Waals surface area contributed by atoms with Gasteiger partial charge in [0.15, 0.2) is 0 Å². The van der Waals surface area contributed by atoms with Crippen molar-refractivity contribution >= 4 is 11.6 Å². The number of hydrogen-bond acceptors (Lipinski definition) is 5. The first kappa shape index (κ1) is 13.8. The molecule has 2 heterocycles. The Bertz CT molecular complexity index is 555. The van der Waals surface area contributed by atoms with Crippen molar-refractivity contribution in [3.63, 3.8) is 0 Å². The van der Waals surface area contributed by atoms with Crippen molar-refractivity contribution in [1.82, 2.24) is 14.9 Å². The molecule has 5 nitrogen and oxygen atoms in total. The molecule has 0 spiro atoms. The van der Waals surface area contributed by atoms with E-state index < -0.39 is 0 Å². The summed E-state index contributed by atoms with van der Waals surface area (Å²) < 4.78 is 0. The zero-order valence-corrected chi connectivity index (χ0v) is 12.1. The lowest BCUT2D eigenvalue weighted by molar-refractivity contribution is 0.208. The van der Waals surface area contributed by atoms with E-state index in [1.165, 1.54) is 12.0 Å². The van der Waals surface area contributed by atoms with Crippen LogP contribution in [-0.2, 0) is 6.54 Å². The van der Waals surface area contributed by atoms with Gasteiger partial charge in [-0.2, -0.15) is 0 Å². The smallest absolute Gasteiger partial charge is 0.144 e. The Labute approximate surface area is 125 Å². The van der Waals surface area contributed by atoms with E-state index in [2.05, 4.69) is 50.5 Å². The number of benzene rings is 1. The molecular formula is C16H21N5. The first-order valence-electron chi connectivity index (χ1n) is 7.40. The lowest BCUT2D eigenvalue weighted by atomic mass is 10.0. The number of anilines is 2. The summed E-state index contributed by atoms with van der Waals surface area (Å²) in [5.74, 6) is 1.26. The van der Waals surface area contributed by atoms with Gasteiger partial charge in [0.2, 0.25) is 0 Å². The third-order valence-corrected chi connectivity index (χ3v) is 3.78. The van der Waals surface area contributed by atoms with Crippen LogP contribution in [0.1, 0.15) is 18.4 Å². The van der Waals surface area contributed by atoms with E-state index in [0.717, 1.165) is 31.9 Å². The van der Waals surface area contributed by atoms with Gasteiger partial charge in [0, 0.05) is 19.1 Å². The van der Waals surface area contributed by atoms with Crippen LogP contribution in [0.4, 0.5) is 11.6 Å². The minimum absolute atomic E-state index is 0.417. The second-order valence-electron chi connectivity index (χ2n) is 5.53. The number of nitrogens with one attached hydrogen (secondary N) is 1. The summed E-state index contributed by atoms with van der Waals surface area (Å²) in [7, 11) is 0. The average Bonchev–Trinajstić information content (AvgIpc) is 2.51. The maximum atomic E-state index is 5.56. The molecule has 1 fully saturated rings. The van der Waals surface area contributed by atoms with Crippen LogP contribution in [0.25, 0.3) is 0 Å². The fourth-order valence-electron chi connectivity index (χ4n) is 2.78. The van der Waals surface area contributed by atoms with Gasteiger partial charge in [-0.05, 0) is 24.9 Å². The van der Waals surface area contributed by atoms with Gasteiger partial charge in [-0.1, -0.05) is 30.3 Å². The monoisotopic (exact) mass is 283 g/mol. The molecule has 0 bridgehead atoms. The van der Waals surface area contributed by atoms with E-state index in [-0.39, 0.29) is 0 Å². The molecule has 21 heavy (non-hydrogen) atoms. The molecule has 0 amide bonds. The van der Waals surface area contributed by atoms with Crippen LogP contribution >= 0.6 is 0 Å². The highest BCUT2D eigenvalue weighted by Crippen LogP contribution is 2.16. The van der Waals surface area contributed by atoms with Crippen LogP contribution in [-0.4, -0.2) is 34.0 Å². The first-order chi connectivity index (χ1) is 10.3. The van der Waals surface area contributed by atoms with Crippen molar-refractivity contribution in [2.45, 2.75) is 25.4 Å². The van der Waals surface area contributed by atoms with Gasteiger partial charge in [0.1, 0.15) is 11.6 Å². The van der Waals surface area contributed by atoms with Crippen molar-refractivity contribution in [3.8, 4) is 0 Å². The van der Waals surface area contributed by atoms with E-state index >= 15 is 0 Å². The molecule has 1 aromatic heterocycles. The summed E-state index contributed by atoms with van der Waals surface area (Å²) in [6.45, 7) is 3.19. The van der Waals surface area contributed by atoms with Gasteiger partial charge in [0.25, 0.3) is 0 Å². The molecule has 1 aromatic carbocycles. The van der Waals surface area contributed by atoms with E-state index in [1.54, 1.807) is 12.4 Å². The van der Waals surface area contributed by atoms with Gasteiger partial charge >= 0.3 is 0 Å². The second kappa shape index (κ2) is 6.54. The molecular weight excluding hydrogens is 262 g/mol. The standard InChI is InChI=1S/C16H21N5/c17-15-9-19-16(10-18-15)20-14-7-4-8-21(12-14)11-13-5-2-1-3-6-13/h1-3,5-6,9-10,14H,4,7-8,11-12H2,(H2,17,18)(H,19,20). The molecule has 3 N–H and O–H groups in total. The first-order valence-corrected chi connectivity index (χ1v) is 7.40. The highest BCUT2D eigenvalue weighted by molar-refractivity contribution is 5.37. The molecule has 2 aromatic rings. The lowest BCUT2D eigenvalue weighted by Gasteiger charge is -2.33. The maximum Gasteiger partial charge on any atom is 0.144 e. The third kappa shape index (κ3) is 3.92. The van der Waals surface area contributed by atoms with Crippen LogP contribution in [0, 0.1) is 0 Å². The molecule has 0 saturated carbocycles. The summed E-state index contributed by atoms with van der Waals surface area (Å²) in [6, 6.07) is 11.0. The van der Waals surface area contributed by atoms with Crippen molar-refractivity contribution in [3.05, 3.63) is 48.3 Å². The fraction of sp³-hybridized carbons (Fsp3) is 0.375. The maximum absolute atomic E-state index is 5.56. The highest BCUT2D eigenvalue weighted by Gasteiger charge is 2.20. The quantitative estimate of drug-likeness (QED) is 0.900. The molecule has 0 aliphatic carbocycles. The number of nitrogens with two attached hydrogens (primary N) is 1. The van der Waals surface area contributed by atoms with Crippen molar-refractivity contribution in [1.29, 1.82) is 0 Å². The molecule has 1 atom stereocenters. The molecule has 0 radical (unpaired) electrons. The van der Waals surface area contributed by atoms with Gasteiger partial charge in [0.05, 0.1) is 12.4 Å². The average molecular weight is 283 g/mol. The third-order valence-electron chi connectivity index (χ3n) is 3.78. The molecule has 1 aliphatic heterocycles. The van der Waals surface area contributed by atoms with Crippen molar-refractivity contribution in [2.24, 2.45) is 0 Å². The Morgan fingerprint density at radius 1 is 1.19 bits per heavy atom. The predicted molar refractivity (Wildman–Crippen MR) is 84.8 cm³/mol. The summed E-state index contributed by atoms with van der Waals surface area (Å²) in [6.07, 6.45) is 5.66. The normalized spacial score (nSPS) is 19.3. The highest BCUT2D eigenvalue weighted by atomic mass is 15.2. The summed E-state index contributed by atoms with van der Waals surface area (Å²) in [4.78, 5) is 10.8. The Hall–Kier alpha value is -2.14. The van der Waals surface area contributed by atoms with Gasteiger partial charge < -0.3 is 11.1 Å². The SMILES string of the molecule is Nc1cnc(NC2CCCN(Cc3ccccc3)C2)cn1. The molecule has 5 heteroatoms.